The van der Waals surface area contributed by atoms with Crippen molar-refractivity contribution in [2.45, 2.75) is 64.1 Å². The molecule has 4 atom stereocenters. The van der Waals surface area contributed by atoms with E-state index in [0.717, 1.165) is 6.42 Å². The van der Waals surface area contributed by atoms with Crippen LogP contribution in [0.4, 0.5) is 0 Å². The summed E-state index contributed by atoms with van der Waals surface area (Å²) in [6, 6.07) is 0. The molecule has 0 saturated heterocycles. The maximum absolute atomic E-state index is 12.1. The highest BCUT2D eigenvalue weighted by molar-refractivity contribution is 5.84. The second kappa shape index (κ2) is 11.8. The molecule has 1 unspecified atom stereocenters. The largest absolute Gasteiger partial charge is 0.481 e. The summed E-state index contributed by atoms with van der Waals surface area (Å²) in [6.07, 6.45) is 13.3. The zero-order valence-electron chi connectivity index (χ0n) is 14.9. The Bertz CT molecular complexity index is 506. The summed E-state index contributed by atoms with van der Waals surface area (Å²) in [7, 11) is 0. The monoisotopic (exact) mass is 350 g/mol. The lowest BCUT2D eigenvalue weighted by Gasteiger charge is -2.16. The minimum atomic E-state index is -0.806. The van der Waals surface area contributed by atoms with Gasteiger partial charge >= 0.3 is 5.97 Å². The van der Waals surface area contributed by atoms with Crippen LogP contribution in [0.1, 0.15) is 51.9 Å². The van der Waals surface area contributed by atoms with Crippen LogP contribution < -0.4 is 0 Å². The third-order valence-electron chi connectivity index (χ3n) is 4.39. The van der Waals surface area contributed by atoms with Gasteiger partial charge in [0.25, 0.3) is 0 Å². The van der Waals surface area contributed by atoms with Crippen molar-refractivity contribution < 1.29 is 24.9 Å². The van der Waals surface area contributed by atoms with Crippen molar-refractivity contribution in [2.75, 3.05) is 0 Å². The third kappa shape index (κ3) is 8.27. The van der Waals surface area contributed by atoms with Crippen molar-refractivity contribution in [2.24, 2.45) is 11.8 Å². The Kier molecular flexibility index (Phi) is 10.0. The number of rotatable bonds is 11. The van der Waals surface area contributed by atoms with Gasteiger partial charge in [-0.05, 0) is 32.1 Å². The number of hydrogen-bond acceptors (Lipinski definition) is 4. The summed E-state index contributed by atoms with van der Waals surface area (Å²) in [5, 5.41) is 28.6. The number of carbonyl (C=O) groups is 2. The smallest absolute Gasteiger partial charge is 0.303 e. The van der Waals surface area contributed by atoms with Crippen molar-refractivity contribution in [1.82, 2.24) is 0 Å². The Morgan fingerprint density at radius 3 is 2.72 bits per heavy atom. The maximum Gasteiger partial charge on any atom is 0.303 e. The number of carboxylic acid groups (broad SMARTS) is 1. The van der Waals surface area contributed by atoms with Gasteiger partial charge in [0.1, 0.15) is 5.78 Å². The van der Waals surface area contributed by atoms with E-state index in [1.165, 1.54) is 0 Å². The minimum Gasteiger partial charge on any atom is -0.481 e. The van der Waals surface area contributed by atoms with Crippen molar-refractivity contribution >= 4 is 11.8 Å². The Hall–Kier alpha value is -1.72. The first-order chi connectivity index (χ1) is 12.0. The number of unbranched alkanes of at least 4 members (excludes halogenated alkanes) is 1. The lowest BCUT2D eigenvalue weighted by atomic mass is 9.90. The summed E-state index contributed by atoms with van der Waals surface area (Å²) in [6.45, 7) is 2.03. The van der Waals surface area contributed by atoms with Crippen molar-refractivity contribution in [3.63, 3.8) is 0 Å². The van der Waals surface area contributed by atoms with Crippen molar-refractivity contribution in [1.29, 1.82) is 0 Å². The molecule has 5 nitrogen and oxygen atoms in total. The summed E-state index contributed by atoms with van der Waals surface area (Å²) >= 11 is 0. The fourth-order valence-corrected chi connectivity index (χ4v) is 3.00. The quantitative estimate of drug-likeness (QED) is 0.393. The minimum absolute atomic E-state index is 0.0395. The highest BCUT2D eigenvalue weighted by Crippen LogP contribution is 2.33. The molecule has 1 saturated carbocycles. The molecule has 0 radical (unpaired) electrons. The zero-order chi connectivity index (χ0) is 18.7. The number of hydrogen-bond donors (Lipinski definition) is 3. The van der Waals surface area contributed by atoms with E-state index in [-0.39, 0.29) is 30.5 Å². The molecular weight excluding hydrogens is 320 g/mol. The predicted molar refractivity (Wildman–Crippen MR) is 97.0 cm³/mol. The summed E-state index contributed by atoms with van der Waals surface area (Å²) in [5.74, 6) is -1.32. The molecule has 0 spiro atoms. The molecule has 0 aromatic heterocycles. The van der Waals surface area contributed by atoms with Crippen LogP contribution in [-0.2, 0) is 9.59 Å². The maximum atomic E-state index is 12.1. The van der Waals surface area contributed by atoms with Crippen LogP contribution in [0.3, 0.4) is 0 Å². The number of aliphatic carboxylic acids is 1. The molecule has 0 aromatic rings. The van der Waals surface area contributed by atoms with Gasteiger partial charge in [-0.3, -0.25) is 9.59 Å². The number of aliphatic hydroxyl groups excluding tert-OH is 2. The topological polar surface area (TPSA) is 94.8 Å². The SMILES string of the molecule is CCC=CCC(O)C=C[C@H]1[C@H](O)CC(=O)[C@@H]1CC=CCCCC(=O)O. The van der Waals surface area contributed by atoms with Gasteiger partial charge in [-0.2, -0.15) is 0 Å². The van der Waals surface area contributed by atoms with Gasteiger partial charge in [0.05, 0.1) is 12.2 Å². The lowest BCUT2D eigenvalue weighted by molar-refractivity contribution is -0.137. The Morgan fingerprint density at radius 2 is 2.04 bits per heavy atom. The van der Waals surface area contributed by atoms with Gasteiger partial charge in [-0.15, -0.1) is 0 Å². The molecule has 1 rings (SSSR count). The van der Waals surface area contributed by atoms with Crippen LogP contribution in [0.5, 0.6) is 0 Å². The second-order valence-corrected chi connectivity index (χ2v) is 6.48. The first-order valence-electron chi connectivity index (χ1n) is 9.04. The fourth-order valence-electron chi connectivity index (χ4n) is 3.00. The molecular formula is C20H30O5. The first-order valence-corrected chi connectivity index (χ1v) is 9.04. The van der Waals surface area contributed by atoms with Crippen molar-refractivity contribution in [3.8, 4) is 0 Å². The van der Waals surface area contributed by atoms with E-state index in [9.17, 15) is 19.8 Å². The molecule has 0 aromatic carbocycles. The molecule has 140 valence electrons. The fraction of sp³-hybridized carbons (Fsp3) is 0.600. The van der Waals surface area contributed by atoms with E-state index >= 15 is 0 Å². The molecule has 0 heterocycles. The van der Waals surface area contributed by atoms with Crippen LogP contribution in [0.25, 0.3) is 0 Å². The summed E-state index contributed by atoms with van der Waals surface area (Å²) < 4.78 is 0. The predicted octanol–water partition coefficient (Wildman–Crippen LogP) is 3.03. The van der Waals surface area contributed by atoms with Gasteiger partial charge < -0.3 is 15.3 Å². The molecule has 0 amide bonds. The Morgan fingerprint density at radius 1 is 1.28 bits per heavy atom. The highest BCUT2D eigenvalue weighted by Gasteiger charge is 2.39. The van der Waals surface area contributed by atoms with Gasteiger partial charge in [-0.1, -0.05) is 43.4 Å². The third-order valence-corrected chi connectivity index (χ3v) is 4.39. The Balaban J connectivity index is 2.52. The van der Waals surface area contributed by atoms with Gasteiger partial charge in [0.15, 0.2) is 0 Å². The summed E-state index contributed by atoms with van der Waals surface area (Å²) in [5.41, 5.74) is 0. The normalized spacial score (nSPS) is 25.6. The molecule has 5 heteroatoms. The van der Waals surface area contributed by atoms with Crippen LogP contribution in [0, 0.1) is 11.8 Å². The van der Waals surface area contributed by atoms with Crippen LogP contribution in [0.2, 0.25) is 0 Å². The van der Waals surface area contributed by atoms with Crippen LogP contribution in [-0.4, -0.2) is 39.3 Å². The molecule has 1 aliphatic carbocycles. The number of allylic oxidation sites excluding steroid dienone is 3. The second-order valence-electron chi connectivity index (χ2n) is 6.48. The zero-order valence-corrected chi connectivity index (χ0v) is 14.9. The van der Waals surface area contributed by atoms with E-state index in [0.29, 0.717) is 25.7 Å². The Labute approximate surface area is 149 Å². The first kappa shape index (κ1) is 21.3. The molecule has 3 N–H and O–H groups in total. The molecule has 0 aliphatic heterocycles. The van der Waals surface area contributed by atoms with Gasteiger partial charge in [0.2, 0.25) is 0 Å². The van der Waals surface area contributed by atoms with E-state index < -0.39 is 18.2 Å². The van der Waals surface area contributed by atoms with E-state index in [1.54, 1.807) is 12.2 Å². The van der Waals surface area contributed by atoms with Crippen LogP contribution in [0.15, 0.2) is 36.5 Å². The number of aliphatic hydroxyl groups is 2. The lowest BCUT2D eigenvalue weighted by Crippen LogP contribution is -2.18. The number of carbonyl (C=O) groups excluding carboxylic acids is 1. The van der Waals surface area contributed by atoms with E-state index in [2.05, 4.69) is 0 Å². The molecule has 1 aliphatic rings. The highest BCUT2D eigenvalue weighted by atomic mass is 16.4. The average molecular weight is 350 g/mol. The molecule has 1 fully saturated rings. The number of Topliss-reactive ketones (excluding diaryl/α,β-unsaturated/α-hetero) is 1. The van der Waals surface area contributed by atoms with Gasteiger partial charge in [0, 0.05) is 24.7 Å². The summed E-state index contributed by atoms with van der Waals surface area (Å²) in [4.78, 5) is 22.5. The average Bonchev–Trinajstić information content (AvgIpc) is 2.82. The van der Waals surface area contributed by atoms with Crippen molar-refractivity contribution in [3.05, 3.63) is 36.5 Å². The van der Waals surface area contributed by atoms with E-state index in [1.807, 2.05) is 31.2 Å². The van der Waals surface area contributed by atoms with Crippen LogP contribution >= 0.6 is 0 Å². The van der Waals surface area contributed by atoms with E-state index in [4.69, 9.17) is 5.11 Å². The number of carboxylic acids is 1. The molecule has 0 bridgehead atoms. The number of ketones is 1. The standard InChI is InChI=1S/C20H30O5/c1-2-3-6-9-15(21)12-13-17-16(18(22)14-19(17)23)10-7-4-5-8-11-20(24)25/h3-4,6-7,12-13,15-17,19,21,23H,2,5,8-11,14H2,1H3,(H,24,25)/t15?,16-,17-,19-/m1/s1. The molecule has 25 heavy (non-hydrogen) atoms. The van der Waals surface area contributed by atoms with Gasteiger partial charge in [-0.25, -0.2) is 0 Å².